The third-order valence-electron chi connectivity index (χ3n) is 2.20. The lowest BCUT2D eigenvalue weighted by Gasteiger charge is -2.07. The minimum absolute atomic E-state index is 0.167. The summed E-state index contributed by atoms with van der Waals surface area (Å²) >= 11 is 1.52. The van der Waals surface area contributed by atoms with Crippen LogP contribution in [-0.2, 0) is 6.42 Å². The van der Waals surface area contributed by atoms with Gasteiger partial charge in [-0.05, 0) is 6.07 Å². The number of anilines is 1. The molecule has 2 N–H and O–H groups in total. The molecule has 0 saturated heterocycles. The molecule has 0 aliphatic heterocycles. The van der Waals surface area contributed by atoms with Gasteiger partial charge in [-0.25, -0.2) is 19.2 Å². The zero-order chi connectivity index (χ0) is 13.0. The second-order valence-electron chi connectivity index (χ2n) is 3.46. The molecule has 0 spiro atoms. The van der Waals surface area contributed by atoms with Crippen molar-refractivity contribution in [3.05, 3.63) is 40.2 Å². The van der Waals surface area contributed by atoms with Gasteiger partial charge < -0.3 is 10.4 Å². The molecular weight excluding hydrogens is 257 g/mol. The van der Waals surface area contributed by atoms with Crippen molar-refractivity contribution in [2.45, 2.75) is 6.42 Å². The molecule has 2 aromatic heterocycles. The second kappa shape index (κ2) is 5.54. The molecule has 2 heterocycles. The Morgan fingerprint density at radius 1 is 1.50 bits per heavy atom. The zero-order valence-electron chi connectivity index (χ0n) is 9.26. The lowest BCUT2D eigenvalue weighted by atomic mass is 10.2. The van der Waals surface area contributed by atoms with E-state index in [1.807, 2.05) is 5.38 Å². The van der Waals surface area contributed by atoms with E-state index in [1.54, 1.807) is 6.20 Å². The van der Waals surface area contributed by atoms with Crippen LogP contribution in [0, 0.1) is 5.82 Å². The number of carboxylic acids is 1. The first-order valence-corrected chi connectivity index (χ1v) is 6.06. The van der Waals surface area contributed by atoms with E-state index in [0.29, 0.717) is 13.0 Å². The number of pyridine rings is 1. The Bertz CT molecular complexity index is 545. The number of rotatable bonds is 5. The zero-order valence-corrected chi connectivity index (χ0v) is 10.1. The maximum absolute atomic E-state index is 12.9. The normalized spacial score (nSPS) is 10.3. The van der Waals surface area contributed by atoms with Crippen molar-refractivity contribution in [2.75, 3.05) is 11.9 Å². The van der Waals surface area contributed by atoms with Gasteiger partial charge in [-0.15, -0.1) is 11.3 Å². The molecule has 0 fully saturated rings. The van der Waals surface area contributed by atoms with Gasteiger partial charge in [-0.1, -0.05) is 0 Å². The number of nitrogens with zero attached hydrogens (tertiary/aromatic N) is 2. The van der Waals surface area contributed by atoms with Crippen molar-refractivity contribution >= 4 is 23.1 Å². The lowest BCUT2D eigenvalue weighted by Crippen LogP contribution is -2.11. The molecule has 2 rings (SSSR count). The standard InChI is InChI=1S/C11H10FN3O2S/c12-7-5-8(11(16)17)10(15-6-7)14-2-1-9-13-3-4-18-9/h3-6H,1-2H2,(H,14,15)(H,16,17). The predicted octanol–water partition coefficient (Wildman–Crippen LogP) is 2.03. The van der Waals surface area contributed by atoms with Crippen LogP contribution < -0.4 is 5.32 Å². The fourth-order valence-corrected chi connectivity index (χ4v) is 2.03. The molecule has 0 bridgehead atoms. The van der Waals surface area contributed by atoms with Crippen LogP contribution >= 0.6 is 11.3 Å². The van der Waals surface area contributed by atoms with Crippen molar-refractivity contribution in [1.82, 2.24) is 9.97 Å². The molecule has 0 saturated carbocycles. The number of hydrogen-bond donors (Lipinski definition) is 2. The minimum atomic E-state index is -1.21. The summed E-state index contributed by atoms with van der Waals surface area (Å²) in [7, 11) is 0. The third-order valence-corrected chi connectivity index (χ3v) is 3.04. The first kappa shape index (κ1) is 12.4. The number of aromatic carboxylic acids is 1. The van der Waals surface area contributed by atoms with Crippen LogP contribution in [0.1, 0.15) is 15.4 Å². The van der Waals surface area contributed by atoms with Crippen LogP contribution in [-0.4, -0.2) is 27.6 Å². The number of nitrogens with one attached hydrogen (secondary N) is 1. The first-order chi connectivity index (χ1) is 8.66. The molecule has 0 radical (unpaired) electrons. The molecule has 0 aromatic carbocycles. The van der Waals surface area contributed by atoms with Crippen LogP contribution in [0.3, 0.4) is 0 Å². The van der Waals surface area contributed by atoms with Gasteiger partial charge in [0.15, 0.2) is 0 Å². The van der Waals surface area contributed by atoms with E-state index in [1.165, 1.54) is 11.3 Å². The average Bonchev–Trinajstić information content (AvgIpc) is 2.84. The summed E-state index contributed by atoms with van der Waals surface area (Å²) in [6.07, 6.45) is 3.35. The largest absolute Gasteiger partial charge is 0.478 e. The van der Waals surface area contributed by atoms with E-state index in [2.05, 4.69) is 15.3 Å². The van der Waals surface area contributed by atoms with Crippen molar-refractivity contribution < 1.29 is 14.3 Å². The van der Waals surface area contributed by atoms with E-state index in [-0.39, 0.29) is 11.4 Å². The van der Waals surface area contributed by atoms with Gasteiger partial charge in [-0.3, -0.25) is 0 Å². The maximum Gasteiger partial charge on any atom is 0.339 e. The van der Waals surface area contributed by atoms with E-state index in [9.17, 15) is 9.18 Å². The van der Waals surface area contributed by atoms with Crippen molar-refractivity contribution in [2.24, 2.45) is 0 Å². The van der Waals surface area contributed by atoms with E-state index in [4.69, 9.17) is 5.11 Å². The summed E-state index contributed by atoms with van der Waals surface area (Å²) in [5.41, 5.74) is -0.172. The molecule has 7 heteroatoms. The highest BCUT2D eigenvalue weighted by atomic mass is 32.1. The van der Waals surface area contributed by atoms with Crippen LogP contribution in [0.4, 0.5) is 10.2 Å². The fourth-order valence-electron chi connectivity index (χ4n) is 1.41. The summed E-state index contributed by atoms with van der Waals surface area (Å²) < 4.78 is 12.9. The van der Waals surface area contributed by atoms with Gasteiger partial charge in [0, 0.05) is 24.5 Å². The van der Waals surface area contributed by atoms with Crippen LogP contribution in [0.2, 0.25) is 0 Å². The SMILES string of the molecule is O=C(O)c1cc(F)cnc1NCCc1nccs1. The molecule has 2 aromatic rings. The van der Waals surface area contributed by atoms with Crippen LogP contribution in [0.25, 0.3) is 0 Å². The summed E-state index contributed by atoms with van der Waals surface area (Å²) in [6.45, 7) is 0.492. The lowest BCUT2D eigenvalue weighted by molar-refractivity contribution is 0.0697. The molecule has 5 nitrogen and oxygen atoms in total. The predicted molar refractivity (Wildman–Crippen MR) is 65.5 cm³/mol. The van der Waals surface area contributed by atoms with Gasteiger partial charge in [-0.2, -0.15) is 0 Å². The Balaban J connectivity index is 2.02. The number of aromatic nitrogens is 2. The van der Waals surface area contributed by atoms with Gasteiger partial charge in [0.05, 0.1) is 11.2 Å². The molecular formula is C11H10FN3O2S. The Labute approximate surface area is 106 Å². The van der Waals surface area contributed by atoms with Gasteiger partial charge >= 0.3 is 5.97 Å². The average molecular weight is 267 g/mol. The quantitative estimate of drug-likeness (QED) is 0.867. The van der Waals surface area contributed by atoms with Gasteiger partial charge in [0.25, 0.3) is 0 Å². The van der Waals surface area contributed by atoms with Crippen molar-refractivity contribution in [3.63, 3.8) is 0 Å². The summed E-state index contributed by atoms with van der Waals surface area (Å²) in [4.78, 5) is 18.7. The third kappa shape index (κ3) is 3.01. The smallest absolute Gasteiger partial charge is 0.339 e. The number of hydrogen-bond acceptors (Lipinski definition) is 5. The number of carboxylic acid groups (broad SMARTS) is 1. The fraction of sp³-hybridized carbons (Fsp3) is 0.182. The Morgan fingerprint density at radius 2 is 2.33 bits per heavy atom. The molecule has 94 valence electrons. The van der Waals surface area contributed by atoms with Crippen LogP contribution in [0.5, 0.6) is 0 Å². The number of thiazole rings is 1. The number of carbonyl (C=O) groups is 1. The van der Waals surface area contributed by atoms with E-state index < -0.39 is 11.8 Å². The van der Waals surface area contributed by atoms with E-state index >= 15 is 0 Å². The van der Waals surface area contributed by atoms with E-state index in [0.717, 1.165) is 17.3 Å². The first-order valence-electron chi connectivity index (χ1n) is 5.18. The Morgan fingerprint density at radius 3 is 3.00 bits per heavy atom. The van der Waals surface area contributed by atoms with Crippen molar-refractivity contribution in [1.29, 1.82) is 0 Å². The maximum atomic E-state index is 12.9. The monoisotopic (exact) mass is 267 g/mol. The summed E-state index contributed by atoms with van der Waals surface area (Å²) in [6, 6.07) is 0.945. The molecule has 18 heavy (non-hydrogen) atoms. The highest BCUT2D eigenvalue weighted by Gasteiger charge is 2.12. The summed E-state index contributed by atoms with van der Waals surface area (Å²) in [5, 5.41) is 14.6. The molecule has 0 atom stereocenters. The van der Waals surface area contributed by atoms with Crippen molar-refractivity contribution in [3.8, 4) is 0 Å². The number of halogens is 1. The molecule has 0 aliphatic carbocycles. The molecule has 0 unspecified atom stereocenters. The molecule has 0 aliphatic rings. The second-order valence-corrected chi connectivity index (χ2v) is 4.44. The Hall–Kier alpha value is -2.02. The van der Waals surface area contributed by atoms with Gasteiger partial charge in [0.1, 0.15) is 17.2 Å². The topological polar surface area (TPSA) is 75.1 Å². The van der Waals surface area contributed by atoms with Gasteiger partial charge in [0.2, 0.25) is 0 Å². The summed E-state index contributed by atoms with van der Waals surface area (Å²) in [5.74, 6) is -1.71. The van der Waals surface area contributed by atoms with Crippen LogP contribution in [0.15, 0.2) is 23.8 Å². The Kier molecular flexibility index (Phi) is 3.83. The highest BCUT2D eigenvalue weighted by molar-refractivity contribution is 7.09. The minimum Gasteiger partial charge on any atom is -0.478 e. The molecule has 0 amide bonds. The highest BCUT2D eigenvalue weighted by Crippen LogP contribution is 2.14.